The Hall–Kier alpha value is -3.91. The molecule has 0 aromatic heterocycles. The van der Waals surface area contributed by atoms with Crippen LogP contribution >= 0.6 is 0 Å². The molecule has 0 saturated carbocycles. The topological polar surface area (TPSA) is 82.0 Å². The Bertz CT molecular complexity index is 994. The van der Waals surface area contributed by atoms with Gasteiger partial charge in [-0.1, -0.05) is 60.7 Å². The van der Waals surface area contributed by atoms with E-state index in [0.717, 1.165) is 11.1 Å². The molecular formula is C24H21N3O2. The number of nitrogens with zero attached hydrogens (tertiary/aromatic N) is 1. The van der Waals surface area contributed by atoms with E-state index in [1.165, 1.54) is 0 Å². The summed E-state index contributed by atoms with van der Waals surface area (Å²) in [5.41, 5.74) is 2.94. The van der Waals surface area contributed by atoms with Gasteiger partial charge in [0.1, 0.15) is 6.04 Å². The van der Waals surface area contributed by atoms with Gasteiger partial charge in [0.15, 0.2) is 0 Å². The Morgan fingerprint density at radius 1 is 0.828 bits per heavy atom. The molecule has 2 N–H and O–H groups in total. The molecule has 1 unspecified atom stereocenters. The smallest absolute Gasteiger partial charge is 0.251 e. The highest BCUT2D eigenvalue weighted by atomic mass is 16.2. The largest absolute Gasteiger partial charge is 0.340 e. The van der Waals surface area contributed by atoms with Crippen LogP contribution in [0.4, 0.5) is 5.69 Å². The maximum Gasteiger partial charge on any atom is 0.251 e. The molecule has 0 aliphatic heterocycles. The number of rotatable bonds is 7. The van der Waals surface area contributed by atoms with Crippen LogP contribution < -0.4 is 10.6 Å². The van der Waals surface area contributed by atoms with Gasteiger partial charge < -0.3 is 10.6 Å². The molecule has 3 aromatic carbocycles. The molecule has 29 heavy (non-hydrogen) atoms. The zero-order chi connectivity index (χ0) is 20.5. The lowest BCUT2D eigenvalue weighted by Crippen LogP contribution is -2.45. The molecule has 5 heteroatoms. The van der Waals surface area contributed by atoms with E-state index in [1.807, 2.05) is 36.4 Å². The number of carbonyl (C=O) groups excluding carboxylic acids is 2. The van der Waals surface area contributed by atoms with E-state index in [9.17, 15) is 9.59 Å². The maximum atomic E-state index is 12.9. The fourth-order valence-electron chi connectivity index (χ4n) is 2.92. The van der Waals surface area contributed by atoms with Crippen LogP contribution in [0.5, 0.6) is 0 Å². The summed E-state index contributed by atoms with van der Waals surface area (Å²) < 4.78 is 0. The fourth-order valence-corrected chi connectivity index (χ4v) is 2.92. The first-order valence-electron chi connectivity index (χ1n) is 9.32. The van der Waals surface area contributed by atoms with Crippen molar-refractivity contribution in [2.45, 2.75) is 18.9 Å². The highest BCUT2D eigenvalue weighted by Crippen LogP contribution is 2.12. The average Bonchev–Trinajstić information content (AvgIpc) is 2.76. The van der Waals surface area contributed by atoms with Crippen LogP contribution in [0.2, 0.25) is 0 Å². The van der Waals surface area contributed by atoms with Gasteiger partial charge in [-0.3, -0.25) is 9.59 Å². The van der Waals surface area contributed by atoms with Crippen molar-refractivity contribution in [3.05, 3.63) is 102 Å². The van der Waals surface area contributed by atoms with Crippen molar-refractivity contribution in [2.75, 3.05) is 5.32 Å². The minimum Gasteiger partial charge on any atom is -0.340 e. The van der Waals surface area contributed by atoms with Crippen LogP contribution in [0.25, 0.3) is 0 Å². The first-order chi connectivity index (χ1) is 14.2. The predicted molar refractivity (Wildman–Crippen MR) is 112 cm³/mol. The first-order valence-corrected chi connectivity index (χ1v) is 9.32. The predicted octanol–water partition coefficient (Wildman–Crippen LogP) is 3.73. The second kappa shape index (κ2) is 9.86. The molecule has 144 valence electrons. The fraction of sp³-hybridized carbons (Fsp3) is 0.125. The van der Waals surface area contributed by atoms with Gasteiger partial charge in [-0.25, -0.2) is 0 Å². The standard InChI is InChI=1S/C24H21N3O2/c25-16-15-18-11-13-21(14-12-18)26-24(29)22(17-19-7-3-1-4-8-19)27-23(28)20-9-5-2-6-10-20/h1-14,22H,15,17H2,(H,26,29)(H,27,28). The molecule has 3 aromatic rings. The molecule has 0 fully saturated rings. The number of amides is 2. The molecule has 2 amide bonds. The van der Waals surface area contributed by atoms with E-state index in [-0.39, 0.29) is 11.8 Å². The Morgan fingerprint density at radius 2 is 1.45 bits per heavy atom. The van der Waals surface area contributed by atoms with Crippen molar-refractivity contribution in [3.8, 4) is 6.07 Å². The number of hydrogen-bond donors (Lipinski definition) is 2. The van der Waals surface area contributed by atoms with Crippen LogP contribution in [0.1, 0.15) is 21.5 Å². The molecule has 0 bridgehead atoms. The monoisotopic (exact) mass is 383 g/mol. The SMILES string of the molecule is N#CCc1ccc(NC(=O)C(Cc2ccccc2)NC(=O)c2ccccc2)cc1. The van der Waals surface area contributed by atoms with E-state index >= 15 is 0 Å². The van der Waals surface area contributed by atoms with Crippen LogP contribution in [0, 0.1) is 11.3 Å². The number of hydrogen-bond acceptors (Lipinski definition) is 3. The number of benzene rings is 3. The molecule has 0 heterocycles. The summed E-state index contributed by atoms with van der Waals surface area (Å²) in [7, 11) is 0. The van der Waals surface area contributed by atoms with Gasteiger partial charge in [-0.15, -0.1) is 0 Å². The third-order valence-corrected chi connectivity index (χ3v) is 4.45. The van der Waals surface area contributed by atoms with E-state index in [2.05, 4.69) is 16.7 Å². The molecule has 0 aliphatic rings. The Labute approximate surface area is 170 Å². The molecule has 5 nitrogen and oxygen atoms in total. The lowest BCUT2D eigenvalue weighted by Gasteiger charge is -2.19. The summed E-state index contributed by atoms with van der Waals surface area (Å²) in [5, 5.41) is 14.5. The summed E-state index contributed by atoms with van der Waals surface area (Å²) in [5.74, 6) is -0.600. The maximum absolute atomic E-state index is 12.9. The Balaban J connectivity index is 1.75. The van der Waals surface area contributed by atoms with E-state index < -0.39 is 6.04 Å². The number of carbonyl (C=O) groups is 2. The summed E-state index contributed by atoms with van der Waals surface area (Å²) in [4.78, 5) is 25.5. The first kappa shape index (κ1) is 19.8. The van der Waals surface area contributed by atoms with Gasteiger partial charge >= 0.3 is 0 Å². The zero-order valence-corrected chi connectivity index (χ0v) is 15.8. The van der Waals surface area contributed by atoms with E-state index in [4.69, 9.17) is 5.26 Å². The summed E-state index contributed by atoms with van der Waals surface area (Å²) >= 11 is 0. The van der Waals surface area contributed by atoms with Crippen LogP contribution in [0.15, 0.2) is 84.9 Å². The average molecular weight is 383 g/mol. The van der Waals surface area contributed by atoms with Gasteiger partial charge in [-0.05, 0) is 35.4 Å². The van der Waals surface area contributed by atoms with Crippen LogP contribution in [-0.2, 0) is 17.6 Å². The van der Waals surface area contributed by atoms with Crippen LogP contribution in [0.3, 0.4) is 0 Å². The third kappa shape index (κ3) is 5.78. The van der Waals surface area contributed by atoms with E-state index in [1.54, 1.807) is 48.5 Å². The second-order valence-corrected chi connectivity index (χ2v) is 6.60. The zero-order valence-electron chi connectivity index (χ0n) is 15.8. The van der Waals surface area contributed by atoms with E-state index in [0.29, 0.717) is 24.1 Å². The van der Waals surface area contributed by atoms with Gasteiger partial charge in [0, 0.05) is 17.7 Å². The van der Waals surface area contributed by atoms with Crippen molar-refractivity contribution in [1.82, 2.24) is 5.32 Å². The normalized spacial score (nSPS) is 11.1. The van der Waals surface area contributed by atoms with Gasteiger partial charge in [0.05, 0.1) is 12.5 Å². The van der Waals surface area contributed by atoms with Gasteiger partial charge in [0.2, 0.25) is 5.91 Å². The quantitative estimate of drug-likeness (QED) is 0.652. The lowest BCUT2D eigenvalue weighted by molar-refractivity contribution is -0.118. The van der Waals surface area contributed by atoms with Gasteiger partial charge in [0.25, 0.3) is 5.91 Å². The molecule has 0 spiro atoms. The number of nitrogens with one attached hydrogen (secondary N) is 2. The van der Waals surface area contributed by atoms with Gasteiger partial charge in [-0.2, -0.15) is 5.26 Å². The molecular weight excluding hydrogens is 362 g/mol. The minimum absolute atomic E-state index is 0.300. The van der Waals surface area contributed by atoms with Crippen molar-refractivity contribution < 1.29 is 9.59 Å². The summed E-state index contributed by atoms with van der Waals surface area (Å²) in [6.45, 7) is 0. The molecule has 0 saturated heterocycles. The Morgan fingerprint density at radius 3 is 2.07 bits per heavy atom. The molecule has 0 radical (unpaired) electrons. The number of anilines is 1. The highest BCUT2D eigenvalue weighted by Gasteiger charge is 2.22. The third-order valence-electron chi connectivity index (χ3n) is 4.45. The van der Waals surface area contributed by atoms with Crippen LogP contribution in [-0.4, -0.2) is 17.9 Å². The van der Waals surface area contributed by atoms with Crippen molar-refractivity contribution >= 4 is 17.5 Å². The highest BCUT2D eigenvalue weighted by molar-refractivity contribution is 6.01. The molecule has 0 aliphatic carbocycles. The Kier molecular flexibility index (Phi) is 6.75. The molecule has 3 rings (SSSR count). The van der Waals surface area contributed by atoms with Crippen molar-refractivity contribution in [3.63, 3.8) is 0 Å². The van der Waals surface area contributed by atoms with Crippen molar-refractivity contribution in [2.24, 2.45) is 0 Å². The lowest BCUT2D eigenvalue weighted by atomic mass is 10.0. The summed E-state index contributed by atoms with van der Waals surface area (Å²) in [6.07, 6.45) is 0.690. The second-order valence-electron chi connectivity index (χ2n) is 6.60. The van der Waals surface area contributed by atoms with Crippen molar-refractivity contribution in [1.29, 1.82) is 5.26 Å². The summed E-state index contributed by atoms with van der Waals surface area (Å²) in [6, 6.07) is 26.8. The molecule has 1 atom stereocenters. The number of nitriles is 1. The minimum atomic E-state index is -0.733.